The Labute approximate surface area is 195 Å². The smallest absolute Gasteiger partial charge is 0.334 e. The lowest BCUT2D eigenvalue weighted by Crippen LogP contribution is -2.28. The number of H-pyrrole nitrogens is 1. The molecule has 2 fully saturated rings. The Morgan fingerprint density at radius 3 is 2.76 bits per heavy atom. The molecule has 2 aromatic heterocycles. The summed E-state index contributed by atoms with van der Waals surface area (Å²) in [6.07, 6.45) is 4.16. The number of nitrogens with one attached hydrogen (secondary N) is 2. The van der Waals surface area contributed by atoms with E-state index in [0.29, 0.717) is 34.9 Å². The minimum absolute atomic E-state index is 0. The van der Waals surface area contributed by atoms with Gasteiger partial charge in [0.2, 0.25) is 0 Å². The summed E-state index contributed by atoms with van der Waals surface area (Å²) >= 11 is 0. The van der Waals surface area contributed by atoms with Crippen LogP contribution >= 0.6 is 12.4 Å². The number of fused-ring (bicyclic) bond motifs is 1. The molecule has 3 N–H and O–H groups in total. The summed E-state index contributed by atoms with van der Waals surface area (Å²) in [5.74, 6) is 1.19. The molecule has 0 amide bonds. The Hall–Kier alpha value is -3.17. The number of aromatic nitrogens is 2. The van der Waals surface area contributed by atoms with Crippen LogP contribution in [0.25, 0.3) is 22.3 Å². The van der Waals surface area contributed by atoms with Crippen LogP contribution in [0.1, 0.15) is 37.2 Å². The van der Waals surface area contributed by atoms with E-state index in [9.17, 15) is 20.0 Å². The molecule has 0 spiro atoms. The molecule has 33 heavy (non-hydrogen) atoms. The number of aromatic amines is 1. The van der Waals surface area contributed by atoms with Crippen molar-refractivity contribution in [1.29, 1.82) is 0 Å². The van der Waals surface area contributed by atoms with Gasteiger partial charge in [-0.15, -0.1) is 12.4 Å². The molecule has 1 aromatic carbocycles. The van der Waals surface area contributed by atoms with Gasteiger partial charge in [0, 0.05) is 18.0 Å². The molecule has 174 valence electrons. The topological polar surface area (TPSA) is 130 Å². The van der Waals surface area contributed by atoms with Gasteiger partial charge in [0.05, 0.1) is 22.8 Å². The van der Waals surface area contributed by atoms with Crippen molar-refractivity contribution < 1.29 is 14.8 Å². The standard InChI is InChI=1S/C23H24N4O5.ClH/c28-19-4-1-5-20(32-12-13-6-7-13)21(19)17-9-15(14-3-2-8-24-11-14)16-10-18(27(30)31)23(29)26-22(16)25-17;/h1,4-5,9-10,13-14,24,28H,2-3,6-8,11-12H2,(H,25,26,29);1H. The molecule has 1 unspecified atom stereocenters. The third-order valence-corrected chi connectivity index (χ3v) is 6.20. The van der Waals surface area contributed by atoms with Crippen LogP contribution in [0.4, 0.5) is 5.69 Å². The van der Waals surface area contributed by atoms with Crippen LogP contribution in [0, 0.1) is 16.0 Å². The van der Waals surface area contributed by atoms with E-state index in [1.807, 2.05) is 6.07 Å². The molecule has 1 saturated heterocycles. The van der Waals surface area contributed by atoms with E-state index in [2.05, 4.69) is 15.3 Å². The number of halogens is 1. The van der Waals surface area contributed by atoms with Crippen molar-refractivity contribution >= 4 is 29.1 Å². The van der Waals surface area contributed by atoms with Gasteiger partial charge in [-0.25, -0.2) is 4.98 Å². The molecule has 9 nitrogen and oxygen atoms in total. The number of phenols is 1. The van der Waals surface area contributed by atoms with Crippen molar-refractivity contribution in [2.75, 3.05) is 19.7 Å². The lowest BCUT2D eigenvalue weighted by Gasteiger charge is -2.25. The first-order chi connectivity index (χ1) is 15.5. The zero-order chi connectivity index (χ0) is 22.2. The molecule has 3 aromatic rings. The zero-order valence-electron chi connectivity index (χ0n) is 17.9. The molecule has 2 aliphatic rings. The Balaban J connectivity index is 0.00000259. The van der Waals surface area contributed by atoms with Gasteiger partial charge in [-0.05, 0) is 67.8 Å². The molecule has 1 aliphatic heterocycles. The predicted octanol–water partition coefficient (Wildman–Crippen LogP) is 3.88. The zero-order valence-corrected chi connectivity index (χ0v) is 18.7. The molecule has 5 rings (SSSR count). The van der Waals surface area contributed by atoms with Crippen LogP contribution in [0.2, 0.25) is 0 Å². The number of phenolic OH excluding ortho intramolecular Hbond substituents is 1. The number of rotatable bonds is 6. The molecular weight excluding hydrogens is 448 g/mol. The minimum Gasteiger partial charge on any atom is -0.507 e. The summed E-state index contributed by atoms with van der Waals surface area (Å²) in [6.45, 7) is 2.21. The van der Waals surface area contributed by atoms with Crippen LogP contribution in [-0.2, 0) is 0 Å². The molecule has 0 radical (unpaired) electrons. The summed E-state index contributed by atoms with van der Waals surface area (Å²) in [7, 11) is 0. The van der Waals surface area contributed by atoms with Gasteiger partial charge in [0.15, 0.2) is 0 Å². The van der Waals surface area contributed by atoms with Crippen LogP contribution in [-0.4, -0.2) is 39.7 Å². The summed E-state index contributed by atoms with van der Waals surface area (Å²) < 4.78 is 5.99. The van der Waals surface area contributed by atoms with Gasteiger partial charge in [0.25, 0.3) is 0 Å². The van der Waals surface area contributed by atoms with E-state index in [0.717, 1.165) is 44.3 Å². The second-order valence-corrected chi connectivity index (χ2v) is 8.55. The molecular formula is C23H25ClN4O5. The highest BCUT2D eigenvalue weighted by Gasteiger charge is 2.26. The fourth-order valence-corrected chi connectivity index (χ4v) is 4.30. The number of hydrogen-bond donors (Lipinski definition) is 3. The van der Waals surface area contributed by atoms with E-state index in [1.54, 1.807) is 18.2 Å². The maximum Gasteiger partial charge on any atom is 0.334 e. The van der Waals surface area contributed by atoms with Crippen LogP contribution in [0.5, 0.6) is 11.5 Å². The van der Waals surface area contributed by atoms with Crippen molar-refractivity contribution in [3.63, 3.8) is 0 Å². The molecule has 10 heteroatoms. The Morgan fingerprint density at radius 2 is 2.06 bits per heavy atom. The monoisotopic (exact) mass is 472 g/mol. The average molecular weight is 473 g/mol. The van der Waals surface area contributed by atoms with Gasteiger partial charge in [-0.3, -0.25) is 14.9 Å². The second kappa shape index (κ2) is 9.36. The SMILES string of the molecule is Cl.O=c1[nH]c2nc(-c3c(O)cccc3OCC3CC3)cc(C3CCCNC3)c2cc1[N+](=O)[O-]. The Bertz CT molecular complexity index is 1250. The molecule has 3 heterocycles. The number of aromatic hydroxyl groups is 1. The van der Waals surface area contributed by atoms with Crippen LogP contribution in [0.3, 0.4) is 0 Å². The third-order valence-electron chi connectivity index (χ3n) is 6.20. The second-order valence-electron chi connectivity index (χ2n) is 8.55. The van der Waals surface area contributed by atoms with Gasteiger partial charge in [-0.1, -0.05) is 6.07 Å². The normalized spacial score (nSPS) is 18.0. The van der Waals surface area contributed by atoms with Gasteiger partial charge in [-0.2, -0.15) is 0 Å². The summed E-state index contributed by atoms with van der Waals surface area (Å²) in [5.41, 5.74) is 0.726. The van der Waals surface area contributed by atoms with E-state index in [4.69, 9.17) is 4.74 Å². The van der Waals surface area contributed by atoms with Gasteiger partial charge in [0.1, 0.15) is 17.1 Å². The maximum absolute atomic E-state index is 12.3. The maximum atomic E-state index is 12.3. The first-order valence-electron chi connectivity index (χ1n) is 10.9. The van der Waals surface area contributed by atoms with Crippen LogP contribution < -0.4 is 15.6 Å². The van der Waals surface area contributed by atoms with Crippen molar-refractivity contribution in [2.45, 2.75) is 31.6 Å². The Morgan fingerprint density at radius 1 is 1.24 bits per heavy atom. The molecule has 1 saturated carbocycles. The van der Waals surface area contributed by atoms with Crippen molar-refractivity contribution in [1.82, 2.24) is 15.3 Å². The van der Waals surface area contributed by atoms with Crippen LogP contribution in [0.15, 0.2) is 35.1 Å². The quantitative estimate of drug-likeness (QED) is 0.366. The first-order valence-corrected chi connectivity index (χ1v) is 10.9. The number of piperidine rings is 1. The van der Waals surface area contributed by atoms with E-state index < -0.39 is 16.2 Å². The predicted molar refractivity (Wildman–Crippen MR) is 126 cm³/mol. The van der Waals surface area contributed by atoms with Gasteiger partial charge < -0.3 is 20.1 Å². The van der Waals surface area contributed by atoms with E-state index in [1.165, 1.54) is 6.07 Å². The van der Waals surface area contributed by atoms with E-state index in [-0.39, 0.29) is 29.7 Å². The summed E-state index contributed by atoms with van der Waals surface area (Å²) in [4.78, 5) is 30.2. The minimum atomic E-state index is -0.803. The fourth-order valence-electron chi connectivity index (χ4n) is 4.30. The third kappa shape index (κ3) is 4.65. The largest absolute Gasteiger partial charge is 0.507 e. The summed E-state index contributed by atoms with van der Waals surface area (Å²) in [5, 5.41) is 26.0. The lowest BCUT2D eigenvalue weighted by molar-refractivity contribution is -0.386. The van der Waals surface area contributed by atoms with Crippen molar-refractivity contribution in [3.05, 3.63) is 56.4 Å². The molecule has 0 bridgehead atoms. The average Bonchev–Trinajstić information content (AvgIpc) is 3.61. The number of nitro groups is 1. The molecule has 1 atom stereocenters. The number of hydrogen-bond acceptors (Lipinski definition) is 7. The lowest BCUT2D eigenvalue weighted by atomic mass is 9.88. The molecule has 1 aliphatic carbocycles. The first kappa shape index (κ1) is 23.0. The van der Waals surface area contributed by atoms with Gasteiger partial charge >= 0.3 is 11.2 Å². The number of benzene rings is 1. The fraction of sp³-hybridized carbons (Fsp3) is 0.391. The highest BCUT2D eigenvalue weighted by atomic mass is 35.5. The van der Waals surface area contributed by atoms with Crippen molar-refractivity contribution in [3.8, 4) is 22.8 Å². The Kier molecular flexibility index (Phi) is 6.53. The highest BCUT2D eigenvalue weighted by Crippen LogP contribution is 2.41. The number of ether oxygens (including phenoxy) is 1. The summed E-state index contributed by atoms with van der Waals surface area (Å²) in [6, 6.07) is 8.26. The highest BCUT2D eigenvalue weighted by molar-refractivity contribution is 5.86. The van der Waals surface area contributed by atoms with E-state index >= 15 is 0 Å². The number of pyridine rings is 2. The van der Waals surface area contributed by atoms with Crippen molar-refractivity contribution in [2.24, 2.45) is 5.92 Å². The number of nitrogens with zero attached hydrogens (tertiary/aromatic N) is 2.